The molecular weight excluding hydrogens is 222 g/mol. The number of hydrogen-bond acceptors (Lipinski definition) is 3. The highest BCUT2D eigenvalue weighted by atomic mass is 15.2. The van der Waals surface area contributed by atoms with E-state index >= 15 is 0 Å². The molecule has 2 atom stereocenters. The van der Waals surface area contributed by atoms with Crippen LogP contribution in [0.5, 0.6) is 0 Å². The maximum atomic E-state index is 6.00. The number of nitrogens with two attached hydrogens (primary N) is 1. The molecule has 0 spiro atoms. The lowest BCUT2D eigenvalue weighted by molar-refractivity contribution is 0.154. The molecule has 2 N–H and O–H groups in total. The van der Waals surface area contributed by atoms with Crippen LogP contribution in [0.15, 0.2) is 24.4 Å². The second-order valence-electron chi connectivity index (χ2n) is 5.23. The number of rotatable bonds is 4. The van der Waals surface area contributed by atoms with Gasteiger partial charge in [0.15, 0.2) is 0 Å². The molecule has 1 aromatic rings. The molecule has 2 rings (SSSR count). The zero-order valence-electron chi connectivity index (χ0n) is 11.4. The van der Waals surface area contributed by atoms with E-state index in [-0.39, 0.29) is 0 Å². The third-order valence-corrected chi connectivity index (χ3v) is 3.91. The van der Waals surface area contributed by atoms with Crippen LogP contribution in [-0.4, -0.2) is 29.5 Å². The van der Waals surface area contributed by atoms with Gasteiger partial charge in [-0.2, -0.15) is 0 Å². The molecule has 0 saturated carbocycles. The molecule has 0 aliphatic carbocycles. The van der Waals surface area contributed by atoms with Gasteiger partial charge in [0.1, 0.15) is 0 Å². The fourth-order valence-electron chi connectivity index (χ4n) is 3.08. The minimum Gasteiger partial charge on any atom is -0.330 e. The molecule has 1 aliphatic heterocycles. The highest BCUT2D eigenvalue weighted by molar-refractivity contribution is 5.11. The Kier molecular flexibility index (Phi) is 5.14. The molecule has 0 bridgehead atoms. The summed E-state index contributed by atoms with van der Waals surface area (Å²) in [6.45, 7) is 5.35. The summed E-state index contributed by atoms with van der Waals surface area (Å²) in [5.41, 5.74) is 7.20. The van der Waals surface area contributed by atoms with Crippen molar-refractivity contribution in [1.82, 2.24) is 9.88 Å². The summed E-state index contributed by atoms with van der Waals surface area (Å²) < 4.78 is 0. The molecule has 1 saturated heterocycles. The molecule has 2 unspecified atom stereocenters. The molecule has 3 nitrogen and oxygen atoms in total. The van der Waals surface area contributed by atoms with Crippen molar-refractivity contribution in [3.05, 3.63) is 30.1 Å². The van der Waals surface area contributed by atoms with E-state index in [0.29, 0.717) is 12.0 Å². The van der Waals surface area contributed by atoms with Gasteiger partial charge in [-0.25, -0.2) is 0 Å². The van der Waals surface area contributed by atoms with Crippen LogP contribution >= 0.6 is 0 Å². The lowest BCUT2D eigenvalue weighted by atomic mass is 9.92. The first-order valence-electron chi connectivity index (χ1n) is 7.21. The maximum Gasteiger partial charge on any atom is 0.0578 e. The Morgan fingerprint density at radius 2 is 2.28 bits per heavy atom. The molecule has 0 radical (unpaired) electrons. The summed E-state index contributed by atoms with van der Waals surface area (Å²) in [6.07, 6.45) is 6.92. The zero-order chi connectivity index (χ0) is 12.8. The van der Waals surface area contributed by atoms with E-state index in [4.69, 9.17) is 5.73 Å². The third-order valence-electron chi connectivity index (χ3n) is 3.91. The van der Waals surface area contributed by atoms with Crippen LogP contribution in [0, 0.1) is 5.92 Å². The van der Waals surface area contributed by atoms with E-state index in [1.165, 1.54) is 37.9 Å². The van der Waals surface area contributed by atoms with Gasteiger partial charge >= 0.3 is 0 Å². The van der Waals surface area contributed by atoms with Crippen molar-refractivity contribution in [3.8, 4) is 0 Å². The fourth-order valence-corrected chi connectivity index (χ4v) is 3.08. The second kappa shape index (κ2) is 6.86. The molecule has 0 amide bonds. The normalized spacial score (nSPS) is 25.9. The maximum absolute atomic E-state index is 6.00. The SMILES string of the molecule is CCCN1CCCCC(CN)C1c1ccccn1. The van der Waals surface area contributed by atoms with E-state index in [1.54, 1.807) is 0 Å². The van der Waals surface area contributed by atoms with E-state index in [0.717, 1.165) is 13.1 Å². The summed E-state index contributed by atoms with van der Waals surface area (Å²) in [4.78, 5) is 7.17. The second-order valence-corrected chi connectivity index (χ2v) is 5.23. The number of hydrogen-bond donors (Lipinski definition) is 1. The van der Waals surface area contributed by atoms with Gasteiger partial charge in [-0.1, -0.05) is 19.4 Å². The van der Waals surface area contributed by atoms with Crippen LogP contribution in [0.25, 0.3) is 0 Å². The monoisotopic (exact) mass is 247 g/mol. The first-order valence-corrected chi connectivity index (χ1v) is 7.21. The minimum atomic E-state index is 0.415. The van der Waals surface area contributed by atoms with Crippen molar-refractivity contribution < 1.29 is 0 Å². The van der Waals surface area contributed by atoms with Gasteiger partial charge in [0.2, 0.25) is 0 Å². The molecule has 3 heteroatoms. The summed E-state index contributed by atoms with van der Waals surface area (Å²) in [7, 11) is 0. The van der Waals surface area contributed by atoms with Crippen LogP contribution < -0.4 is 5.73 Å². The average Bonchev–Trinajstić information content (AvgIpc) is 2.62. The standard InChI is InChI=1S/C15H25N3/c1-2-10-18-11-6-4-7-13(12-16)15(18)14-8-3-5-9-17-14/h3,5,8-9,13,15H,2,4,6-7,10-12,16H2,1H3. The Balaban J connectivity index is 2.26. The molecular formula is C15H25N3. The summed E-state index contributed by atoms with van der Waals surface area (Å²) in [6, 6.07) is 6.65. The van der Waals surface area contributed by atoms with Crippen LogP contribution in [0.2, 0.25) is 0 Å². The Bertz CT molecular complexity index is 339. The number of nitrogens with zero attached hydrogens (tertiary/aromatic N) is 2. The van der Waals surface area contributed by atoms with Gasteiger partial charge in [0.25, 0.3) is 0 Å². The highest BCUT2D eigenvalue weighted by Gasteiger charge is 2.30. The molecule has 100 valence electrons. The van der Waals surface area contributed by atoms with Crippen molar-refractivity contribution in [2.24, 2.45) is 11.7 Å². The zero-order valence-corrected chi connectivity index (χ0v) is 11.4. The number of pyridine rings is 1. The smallest absolute Gasteiger partial charge is 0.0578 e. The van der Waals surface area contributed by atoms with E-state index in [1.807, 2.05) is 12.3 Å². The Hall–Kier alpha value is -0.930. The highest BCUT2D eigenvalue weighted by Crippen LogP contribution is 2.33. The van der Waals surface area contributed by atoms with E-state index in [2.05, 4.69) is 28.9 Å². The first kappa shape index (κ1) is 13.5. The van der Waals surface area contributed by atoms with E-state index in [9.17, 15) is 0 Å². The third kappa shape index (κ3) is 3.09. The number of likely N-dealkylation sites (tertiary alicyclic amines) is 1. The lowest BCUT2D eigenvalue weighted by Crippen LogP contribution is -2.36. The van der Waals surface area contributed by atoms with Gasteiger partial charge in [0.05, 0.1) is 11.7 Å². The molecule has 2 heterocycles. The van der Waals surface area contributed by atoms with Crippen LogP contribution in [0.4, 0.5) is 0 Å². The Morgan fingerprint density at radius 1 is 1.39 bits per heavy atom. The summed E-state index contributed by atoms with van der Waals surface area (Å²) >= 11 is 0. The Morgan fingerprint density at radius 3 is 2.94 bits per heavy atom. The predicted octanol–water partition coefficient (Wildman–Crippen LogP) is 2.59. The molecule has 1 aromatic heterocycles. The quantitative estimate of drug-likeness (QED) is 0.889. The van der Waals surface area contributed by atoms with Crippen molar-refractivity contribution in [2.45, 2.75) is 38.6 Å². The van der Waals surface area contributed by atoms with E-state index < -0.39 is 0 Å². The van der Waals surface area contributed by atoms with Gasteiger partial charge in [-0.05, 0) is 56.9 Å². The predicted molar refractivity (Wildman–Crippen MR) is 75.2 cm³/mol. The van der Waals surface area contributed by atoms with Gasteiger partial charge in [-0.15, -0.1) is 0 Å². The van der Waals surface area contributed by atoms with Gasteiger partial charge < -0.3 is 5.73 Å². The summed E-state index contributed by atoms with van der Waals surface area (Å²) in [5.74, 6) is 0.550. The van der Waals surface area contributed by atoms with Crippen molar-refractivity contribution in [2.75, 3.05) is 19.6 Å². The summed E-state index contributed by atoms with van der Waals surface area (Å²) in [5, 5.41) is 0. The van der Waals surface area contributed by atoms with Gasteiger partial charge in [-0.3, -0.25) is 9.88 Å². The molecule has 1 fully saturated rings. The largest absolute Gasteiger partial charge is 0.330 e. The van der Waals surface area contributed by atoms with Crippen LogP contribution in [0.1, 0.15) is 44.3 Å². The lowest BCUT2D eigenvalue weighted by Gasteiger charge is -2.34. The topological polar surface area (TPSA) is 42.1 Å². The number of aromatic nitrogens is 1. The molecule has 18 heavy (non-hydrogen) atoms. The van der Waals surface area contributed by atoms with Gasteiger partial charge in [0, 0.05) is 6.20 Å². The average molecular weight is 247 g/mol. The van der Waals surface area contributed by atoms with Crippen LogP contribution in [-0.2, 0) is 0 Å². The van der Waals surface area contributed by atoms with Crippen LogP contribution in [0.3, 0.4) is 0 Å². The van der Waals surface area contributed by atoms with Crippen molar-refractivity contribution in [3.63, 3.8) is 0 Å². The fraction of sp³-hybridized carbons (Fsp3) is 0.667. The van der Waals surface area contributed by atoms with Crippen molar-refractivity contribution >= 4 is 0 Å². The van der Waals surface area contributed by atoms with Crippen molar-refractivity contribution in [1.29, 1.82) is 0 Å². The molecule has 0 aromatic carbocycles. The Labute approximate surface area is 110 Å². The first-order chi connectivity index (χ1) is 8.86. The minimum absolute atomic E-state index is 0.415. The molecule has 1 aliphatic rings.